The third-order valence-electron chi connectivity index (χ3n) is 5.98. The van der Waals surface area contributed by atoms with E-state index in [0.717, 1.165) is 18.6 Å². The molecule has 22 heavy (non-hydrogen) atoms. The van der Waals surface area contributed by atoms with E-state index in [4.69, 9.17) is 23.2 Å². The van der Waals surface area contributed by atoms with Crippen molar-refractivity contribution in [1.82, 2.24) is 5.43 Å². The van der Waals surface area contributed by atoms with Crippen molar-refractivity contribution in [2.45, 2.75) is 40.0 Å². The van der Waals surface area contributed by atoms with E-state index >= 15 is 0 Å². The zero-order valence-electron chi connectivity index (χ0n) is 13.0. The van der Waals surface area contributed by atoms with E-state index in [9.17, 15) is 4.79 Å². The first-order valence-electron chi connectivity index (χ1n) is 7.58. The van der Waals surface area contributed by atoms with Crippen molar-refractivity contribution in [3.05, 3.63) is 33.8 Å². The van der Waals surface area contributed by atoms with Gasteiger partial charge in [-0.2, -0.15) is 5.10 Å². The summed E-state index contributed by atoms with van der Waals surface area (Å²) in [5.74, 6) is 0.366. The number of fused-ring (bicyclic) bond motifs is 2. The van der Waals surface area contributed by atoms with Crippen molar-refractivity contribution in [1.29, 1.82) is 0 Å². The molecular formula is C17H20Cl2N2O. The highest BCUT2D eigenvalue weighted by molar-refractivity contribution is 6.36. The zero-order valence-corrected chi connectivity index (χ0v) is 14.6. The molecule has 3 nitrogen and oxygen atoms in total. The maximum Gasteiger partial charge on any atom is 0.272 e. The first-order valence-corrected chi connectivity index (χ1v) is 8.34. The number of nitrogens with zero attached hydrogens (tertiary/aromatic N) is 1. The SMILES string of the molecule is CC12CCC(CC1=NNC(=O)c1ccc(Cl)cc1Cl)C2(C)C. The molecule has 0 heterocycles. The van der Waals surface area contributed by atoms with Crippen molar-refractivity contribution < 1.29 is 4.79 Å². The highest BCUT2D eigenvalue weighted by atomic mass is 35.5. The Morgan fingerprint density at radius 1 is 1.32 bits per heavy atom. The highest BCUT2D eigenvalue weighted by Gasteiger charge is 2.60. The average Bonchev–Trinajstić information content (AvgIpc) is 2.77. The molecule has 1 amide bonds. The molecule has 1 aromatic carbocycles. The van der Waals surface area contributed by atoms with Gasteiger partial charge in [-0.1, -0.05) is 44.0 Å². The summed E-state index contributed by atoms with van der Waals surface area (Å²) >= 11 is 11.9. The summed E-state index contributed by atoms with van der Waals surface area (Å²) < 4.78 is 0. The highest BCUT2D eigenvalue weighted by Crippen LogP contribution is 2.63. The number of hydrogen-bond acceptors (Lipinski definition) is 2. The predicted octanol–water partition coefficient (Wildman–Crippen LogP) is 4.93. The van der Waals surface area contributed by atoms with Crippen LogP contribution in [0.3, 0.4) is 0 Å². The number of rotatable bonds is 2. The number of carbonyl (C=O) groups is 1. The van der Waals surface area contributed by atoms with E-state index in [1.807, 2.05) is 0 Å². The van der Waals surface area contributed by atoms with Gasteiger partial charge in [0.05, 0.1) is 10.6 Å². The summed E-state index contributed by atoms with van der Waals surface area (Å²) in [5, 5.41) is 5.29. The number of halogens is 2. The second-order valence-electron chi connectivity index (χ2n) is 7.12. The number of benzene rings is 1. The van der Waals surface area contributed by atoms with Gasteiger partial charge >= 0.3 is 0 Å². The van der Waals surface area contributed by atoms with Crippen LogP contribution in [-0.4, -0.2) is 11.6 Å². The van der Waals surface area contributed by atoms with E-state index in [1.165, 1.54) is 6.42 Å². The van der Waals surface area contributed by atoms with Crippen LogP contribution >= 0.6 is 23.2 Å². The maximum absolute atomic E-state index is 12.3. The number of amides is 1. The molecule has 118 valence electrons. The van der Waals surface area contributed by atoms with Gasteiger partial charge < -0.3 is 0 Å². The second kappa shape index (κ2) is 5.24. The molecule has 0 saturated heterocycles. The Morgan fingerprint density at radius 2 is 2.05 bits per heavy atom. The van der Waals surface area contributed by atoms with Gasteiger partial charge in [-0.15, -0.1) is 0 Å². The van der Waals surface area contributed by atoms with E-state index in [0.29, 0.717) is 21.5 Å². The Kier molecular flexibility index (Phi) is 3.77. The molecule has 5 heteroatoms. The Labute approximate surface area is 141 Å². The lowest BCUT2D eigenvalue weighted by Crippen LogP contribution is -2.34. The van der Waals surface area contributed by atoms with Gasteiger partial charge in [0.2, 0.25) is 0 Å². The molecule has 0 radical (unpaired) electrons. The summed E-state index contributed by atoms with van der Waals surface area (Å²) in [6.07, 6.45) is 3.36. The van der Waals surface area contributed by atoms with Crippen molar-refractivity contribution >= 4 is 34.8 Å². The van der Waals surface area contributed by atoms with E-state index in [1.54, 1.807) is 18.2 Å². The van der Waals surface area contributed by atoms with Crippen molar-refractivity contribution in [2.24, 2.45) is 21.8 Å². The maximum atomic E-state index is 12.3. The molecule has 2 aliphatic carbocycles. The summed E-state index contributed by atoms with van der Waals surface area (Å²) in [6, 6.07) is 4.83. The van der Waals surface area contributed by atoms with Gasteiger partial charge in [-0.25, -0.2) is 5.43 Å². The lowest BCUT2D eigenvalue weighted by atomic mass is 9.70. The molecule has 0 aromatic heterocycles. The van der Waals surface area contributed by atoms with Gasteiger partial charge in [0, 0.05) is 16.1 Å². The Bertz CT molecular complexity index is 669. The van der Waals surface area contributed by atoms with Crippen LogP contribution in [0.2, 0.25) is 10.0 Å². The van der Waals surface area contributed by atoms with Gasteiger partial charge in [0.15, 0.2) is 0 Å². The molecule has 1 aromatic rings. The smallest absolute Gasteiger partial charge is 0.267 e. The fourth-order valence-electron chi connectivity index (χ4n) is 3.95. The van der Waals surface area contributed by atoms with Crippen LogP contribution in [0.4, 0.5) is 0 Å². The molecule has 2 unspecified atom stereocenters. The monoisotopic (exact) mass is 338 g/mol. The lowest BCUT2D eigenvalue weighted by molar-refractivity contribution is 0.0954. The third kappa shape index (κ3) is 2.26. The molecule has 3 rings (SSSR count). The summed E-state index contributed by atoms with van der Waals surface area (Å²) in [6.45, 7) is 6.89. The van der Waals surface area contributed by atoms with Gasteiger partial charge in [-0.3, -0.25) is 4.79 Å². The number of hydrogen-bond donors (Lipinski definition) is 1. The standard InChI is InChI=1S/C17H20Cl2N2O/c1-16(2)10-6-7-17(16,3)14(8-10)20-21-15(22)12-5-4-11(18)9-13(12)19/h4-5,9-10H,6-8H2,1-3H3,(H,21,22). The molecular weight excluding hydrogens is 319 g/mol. The predicted molar refractivity (Wildman–Crippen MR) is 90.6 cm³/mol. The molecule has 0 spiro atoms. The van der Waals surface area contributed by atoms with Crippen molar-refractivity contribution in [3.8, 4) is 0 Å². The largest absolute Gasteiger partial charge is 0.272 e. The van der Waals surface area contributed by atoms with Gasteiger partial charge in [0.1, 0.15) is 0 Å². The fourth-order valence-corrected chi connectivity index (χ4v) is 4.44. The van der Waals surface area contributed by atoms with Crippen molar-refractivity contribution in [2.75, 3.05) is 0 Å². The molecule has 0 aliphatic heterocycles. The van der Waals surface area contributed by atoms with E-state index in [2.05, 4.69) is 31.3 Å². The molecule has 2 fully saturated rings. The lowest BCUT2D eigenvalue weighted by Gasteiger charge is -2.34. The van der Waals surface area contributed by atoms with E-state index < -0.39 is 0 Å². The number of nitrogens with one attached hydrogen (secondary N) is 1. The second-order valence-corrected chi connectivity index (χ2v) is 7.96. The third-order valence-corrected chi connectivity index (χ3v) is 6.53. The summed E-state index contributed by atoms with van der Waals surface area (Å²) in [5.41, 5.74) is 4.49. The van der Waals surface area contributed by atoms with Crippen LogP contribution in [0.25, 0.3) is 0 Å². The van der Waals surface area contributed by atoms with Crippen LogP contribution in [0.15, 0.2) is 23.3 Å². The average molecular weight is 339 g/mol. The minimum absolute atomic E-state index is 0.0781. The van der Waals surface area contributed by atoms with Gasteiger partial charge in [-0.05, 0) is 48.8 Å². The van der Waals surface area contributed by atoms with Crippen LogP contribution in [0, 0.1) is 16.7 Å². The van der Waals surface area contributed by atoms with Crippen LogP contribution in [0.1, 0.15) is 50.4 Å². The molecule has 2 atom stereocenters. The van der Waals surface area contributed by atoms with E-state index in [-0.39, 0.29) is 16.7 Å². The Morgan fingerprint density at radius 3 is 2.59 bits per heavy atom. The normalized spacial score (nSPS) is 30.8. The fraction of sp³-hybridized carbons (Fsp3) is 0.529. The quantitative estimate of drug-likeness (QED) is 0.763. The number of hydrazone groups is 1. The number of carbonyl (C=O) groups excluding carboxylic acids is 1. The van der Waals surface area contributed by atoms with Gasteiger partial charge in [0.25, 0.3) is 5.91 Å². The van der Waals surface area contributed by atoms with Crippen LogP contribution < -0.4 is 5.43 Å². The summed E-state index contributed by atoms with van der Waals surface area (Å²) in [4.78, 5) is 12.3. The molecule has 2 bridgehead atoms. The minimum atomic E-state index is -0.293. The first kappa shape index (κ1) is 15.8. The van der Waals surface area contributed by atoms with Crippen LogP contribution in [-0.2, 0) is 0 Å². The molecule has 2 saturated carbocycles. The minimum Gasteiger partial charge on any atom is -0.267 e. The Balaban J connectivity index is 1.79. The first-order chi connectivity index (χ1) is 10.3. The zero-order chi connectivity index (χ0) is 16.1. The Hall–Kier alpha value is -1.06. The molecule has 1 N–H and O–H groups in total. The molecule has 2 aliphatic rings. The summed E-state index contributed by atoms with van der Waals surface area (Å²) in [7, 11) is 0. The van der Waals surface area contributed by atoms with Crippen LogP contribution in [0.5, 0.6) is 0 Å². The topological polar surface area (TPSA) is 41.5 Å². The van der Waals surface area contributed by atoms with Crippen molar-refractivity contribution in [3.63, 3.8) is 0 Å².